The lowest BCUT2D eigenvalue weighted by Gasteiger charge is -2.30. The Balaban J connectivity index is 1.12. The lowest BCUT2D eigenvalue weighted by molar-refractivity contribution is 0.660. The van der Waals surface area contributed by atoms with Gasteiger partial charge in [0, 0.05) is 43.9 Å². The first-order chi connectivity index (χ1) is 28.5. The Morgan fingerprint density at radius 3 is 1.81 bits per heavy atom. The molecule has 0 bridgehead atoms. The topological polar surface area (TPSA) is 29.5 Å². The molecule has 0 fully saturated rings. The molecule has 58 heavy (non-hydrogen) atoms. The van der Waals surface area contributed by atoms with Crippen molar-refractivity contribution in [2.24, 2.45) is 0 Å². The molecule has 12 rings (SSSR count). The predicted octanol–water partition coefficient (Wildman–Crippen LogP) is 15.7. The van der Waals surface area contributed by atoms with Gasteiger partial charge < -0.3 is 13.7 Å². The number of nitrogens with zero attached hydrogens (tertiary/aromatic N) is 1. The van der Waals surface area contributed by atoms with Crippen molar-refractivity contribution in [1.29, 1.82) is 0 Å². The van der Waals surface area contributed by atoms with Crippen LogP contribution < -0.4 is 4.90 Å². The number of rotatable bonds is 5. The van der Waals surface area contributed by atoms with Crippen LogP contribution in [0, 0.1) is 0 Å². The Bertz CT molecular complexity index is 3440. The largest absolute Gasteiger partial charge is 0.456 e. The molecule has 0 radical (unpaired) electrons. The van der Waals surface area contributed by atoms with Crippen molar-refractivity contribution in [3.63, 3.8) is 0 Å². The smallest absolute Gasteiger partial charge is 0.136 e. The molecule has 0 aliphatic heterocycles. The van der Waals surface area contributed by atoms with E-state index < -0.39 is 0 Å². The highest BCUT2D eigenvalue weighted by molar-refractivity contribution is 6.17. The number of anilines is 3. The molecular weight excluding hydrogens is 707 g/mol. The van der Waals surface area contributed by atoms with Crippen LogP contribution in [0.15, 0.2) is 197 Å². The van der Waals surface area contributed by atoms with E-state index in [9.17, 15) is 0 Å². The van der Waals surface area contributed by atoms with Gasteiger partial charge in [0.1, 0.15) is 22.3 Å². The summed E-state index contributed by atoms with van der Waals surface area (Å²) < 4.78 is 12.9. The van der Waals surface area contributed by atoms with E-state index in [4.69, 9.17) is 8.83 Å². The molecule has 3 nitrogen and oxygen atoms in total. The summed E-state index contributed by atoms with van der Waals surface area (Å²) in [6, 6.07) is 67.8. The van der Waals surface area contributed by atoms with Gasteiger partial charge in [0.2, 0.25) is 0 Å². The second-order valence-electron chi connectivity index (χ2n) is 16.1. The second kappa shape index (κ2) is 12.3. The molecule has 1 aliphatic carbocycles. The first-order valence-corrected chi connectivity index (χ1v) is 20.0. The third-order valence-corrected chi connectivity index (χ3v) is 12.5. The fourth-order valence-corrected chi connectivity index (χ4v) is 9.69. The summed E-state index contributed by atoms with van der Waals surface area (Å²) in [6.45, 7) is 4.70. The van der Waals surface area contributed by atoms with Crippen molar-refractivity contribution in [2.75, 3.05) is 4.90 Å². The molecule has 274 valence electrons. The molecule has 0 saturated carbocycles. The minimum atomic E-state index is -0.157. The number of hydrogen-bond acceptors (Lipinski definition) is 3. The number of hydrogen-bond donors (Lipinski definition) is 0. The SMILES string of the molecule is CC1(C)c2ccccc2-c2ccc(N(c3ccc(-c4cccc5oc6ccccc6c45)cc3)c3ccc4oc5ccccc5c4c3-c3ccc4ccccc4c3)cc21. The van der Waals surface area contributed by atoms with Gasteiger partial charge in [-0.3, -0.25) is 0 Å². The highest BCUT2D eigenvalue weighted by atomic mass is 16.3. The maximum atomic E-state index is 6.57. The molecular formula is C55H37NO2. The van der Waals surface area contributed by atoms with Crippen LogP contribution in [-0.4, -0.2) is 0 Å². The minimum Gasteiger partial charge on any atom is -0.456 e. The van der Waals surface area contributed by atoms with Gasteiger partial charge >= 0.3 is 0 Å². The number of para-hydroxylation sites is 2. The van der Waals surface area contributed by atoms with Crippen LogP contribution >= 0.6 is 0 Å². The van der Waals surface area contributed by atoms with Crippen molar-refractivity contribution in [3.05, 3.63) is 199 Å². The average Bonchev–Trinajstić information content (AvgIpc) is 3.92. The van der Waals surface area contributed by atoms with E-state index in [1.165, 1.54) is 33.0 Å². The van der Waals surface area contributed by atoms with Crippen LogP contribution in [0.25, 0.3) is 88.0 Å². The normalized spacial score (nSPS) is 13.1. The van der Waals surface area contributed by atoms with Crippen LogP contribution in [0.2, 0.25) is 0 Å². The Morgan fingerprint density at radius 1 is 0.397 bits per heavy atom. The maximum absolute atomic E-state index is 6.57. The first kappa shape index (κ1) is 32.8. The Hall–Kier alpha value is -7.36. The summed E-state index contributed by atoms with van der Waals surface area (Å²) >= 11 is 0. The van der Waals surface area contributed by atoms with Crippen molar-refractivity contribution >= 4 is 71.7 Å². The average molecular weight is 744 g/mol. The number of furan rings is 2. The molecule has 0 unspecified atom stereocenters. The zero-order chi connectivity index (χ0) is 38.5. The van der Waals surface area contributed by atoms with Gasteiger partial charge in [-0.05, 0) is 110 Å². The van der Waals surface area contributed by atoms with Gasteiger partial charge in [-0.25, -0.2) is 0 Å². The molecule has 11 aromatic rings. The highest BCUT2D eigenvalue weighted by Gasteiger charge is 2.36. The molecule has 0 spiro atoms. The lowest BCUT2D eigenvalue weighted by Crippen LogP contribution is -2.17. The van der Waals surface area contributed by atoms with Crippen LogP contribution in [0.3, 0.4) is 0 Å². The molecule has 1 aliphatic rings. The Labute approximate surface area is 336 Å². The van der Waals surface area contributed by atoms with Gasteiger partial charge in [-0.2, -0.15) is 0 Å². The van der Waals surface area contributed by atoms with Crippen molar-refractivity contribution < 1.29 is 8.83 Å². The van der Waals surface area contributed by atoms with E-state index in [-0.39, 0.29) is 5.41 Å². The van der Waals surface area contributed by atoms with Gasteiger partial charge in [-0.1, -0.05) is 141 Å². The summed E-state index contributed by atoms with van der Waals surface area (Å²) in [5, 5.41) is 6.89. The Kier molecular flexibility index (Phi) is 6.98. The molecule has 0 atom stereocenters. The zero-order valence-electron chi connectivity index (χ0n) is 32.2. The van der Waals surface area contributed by atoms with Gasteiger partial charge in [-0.15, -0.1) is 0 Å². The summed E-state index contributed by atoms with van der Waals surface area (Å²) in [6.07, 6.45) is 0. The van der Waals surface area contributed by atoms with Crippen molar-refractivity contribution in [2.45, 2.75) is 19.3 Å². The molecule has 0 N–H and O–H groups in total. The second-order valence-corrected chi connectivity index (χ2v) is 16.1. The third kappa shape index (κ3) is 4.80. The van der Waals surface area contributed by atoms with Crippen LogP contribution in [0.5, 0.6) is 0 Å². The van der Waals surface area contributed by atoms with Crippen molar-refractivity contribution in [3.8, 4) is 33.4 Å². The number of benzene rings is 9. The summed E-state index contributed by atoms with van der Waals surface area (Å²) in [7, 11) is 0. The van der Waals surface area contributed by atoms with E-state index in [0.29, 0.717) is 0 Å². The van der Waals surface area contributed by atoms with E-state index in [1.807, 2.05) is 18.2 Å². The monoisotopic (exact) mass is 743 g/mol. The first-order valence-electron chi connectivity index (χ1n) is 20.0. The molecule has 9 aromatic carbocycles. The van der Waals surface area contributed by atoms with E-state index in [2.05, 4.69) is 189 Å². The van der Waals surface area contributed by atoms with Gasteiger partial charge in [0.25, 0.3) is 0 Å². The zero-order valence-corrected chi connectivity index (χ0v) is 32.2. The number of fused-ring (bicyclic) bond motifs is 10. The van der Waals surface area contributed by atoms with E-state index in [1.54, 1.807) is 0 Å². The highest BCUT2D eigenvalue weighted by Crippen LogP contribution is 2.53. The maximum Gasteiger partial charge on any atom is 0.136 e. The lowest BCUT2D eigenvalue weighted by atomic mass is 9.82. The minimum absolute atomic E-state index is 0.157. The standard InChI is InChI=1S/C55H37NO2/c1-55(2)45-18-8-5-14-41(45)42-29-28-39(33-46(42)55)56(38-26-24-35(25-27-38)40-17-11-21-50-53(40)43-15-6-9-19-48(43)57-50)47-30-31-51-54(44-16-7-10-20-49(44)58-51)52(47)37-23-22-34-12-3-4-13-36(34)32-37/h3-33H,1-2H3. The molecule has 2 aromatic heterocycles. The molecule has 2 heterocycles. The Morgan fingerprint density at radius 2 is 1.00 bits per heavy atom. The summed E-state index contributed by atoms with van der Waals surface area (Å²) in [4.78, 5) is 2.45. The van der Waals surface area contributed by atoms with E-state index in [0.717, 1.165) is 83.2 Å². The molecule has 3 heteroatoms. The van der Waals surface area contributed by atoms with Crippen LogP contribution in [0.1, 0.15) is 25.0 Å². The third-order valence-electron chi connectivity index (χ3n) is 12.5. The fourth-order valence-electron chi connectivity index (χ4n) is 9.69. The van der Waals surface area contributed by atoms with Crippen LogP contribution in [-0.2, 0) is 5.41 Å². The van der Waals surface area contributed by atoms with E-state index >= 15 is 0 Å². The summed E-state index contributed by atoms with van der Waals surface area (Å²) in [5.41, 5.74) is 16.5. The molecule has 0 amide bonds. The van der Waals surface area contributed by atoms with Crippen LogP contribution in [0.4, 0.5) is 17.1 Å². The predicted molar refractivity (Wildman–Crippen MR) is 242 cm³/mol. The van der Waals surface area contributed by atoms with Crippen molar-refractivity contribution in [1.82, 2.24) is 0 Å². The quantitative estimate of drug-likeness (QED) is 0.176. The summed E-state index contributed by atoms with van der Waals surface area (Å²) in [5.74, 6) is 0. The van der Waals surface area contributed by atoms with Gasteiger partial charge in [0.05, 0.1) is 5.69 Å². The fraction of sp³-hybridized carbons (Fsp3) is 0.0545. The molecule has 0 saturated heterocycles. The van der Waals surface area contributed by atoms with Gasteiger partial charge in [0.15, 0.2) is 0 Å².